The third kappa shape index (κ3) is 17.9. The maximum atomic E-state index is 10.3. The molecule has 0 aliphatic carbocycles. The van der Waals surface area contributed by atoms with Crippen molar-refractivity contribution >= 4 is 120 Å². The van der Waals surface area contributed by atoms with E-state index in [2.05, 4.69) is 45.2 Å². The van der Waals surface area contributed by atoms with Crippen molar-refractivity contribution in [2.24, 2.45) is 20.0 Å². The van der Waals surface area contributed by atoms with Crippen LogP contribution in [0.2, 0.25) is 0 Å². The van der Waals surface area contributed by atoms with Gasteiger partial charge in [0.15, 0.2) is 0 Å². The Morgan fingerprint density at radius 1 is 0.579 bits per heavy atom. The average Bonchev–Trinajstić information content (AvgIpc) is 2.97. The van der Waals surface area contributed by atoms with Crippen molar-refractivity contribution in [1.82, 2.24) is 0 Å². The third-order valence-corrected chi connectivity index (χ3v) is 15.9. The van der Waals surface area contributed by atoms with E-state index in [0.29, 0.717) is 36.7 Å². The molecule has 0 bridgehead atoms. The van der Waals surface area contributed by atoms with Crippen LogP contribution in [0.4, 0.5) is 0 Å². The number of nitrogens with zero attached hydrogens (tertiary/aromatic N) is 4. The standard InChI is InChI=1S/C16H20N4O4S4.C6H12S4/c21-9-17-1-13(2-18-10-22)25-5-15-7-28-16(8-27-15)6-26-14(3-19-11-23)4-20-12-24;7-1-5-3-10-6(2-8)4-9-5/h13-16H,1-8H2;5-8H,1-4H2. The first kappa shape index (κ1) is 36.3. The highest BCUT2D eigenvalue weighted by atomic mass is 32.2. The summed E-state index contributed by atoms with van der Waals surface area (Å²) in [4.78, 5) is 55.5. The number of hydrogen-bond donors (Lipinski definition) is 2. The van der Waals surface area contributed by atoms with Crippen molar-refractivity contribution in [2.75, 3.05) is 72.2 Å². The topological polar surface area (TPSA) is 118 Å². The van der Waals surface area contributed by atoms with Crippen molar-refractivity contribution in [3.05, 3.63) is 0 Å². The zero-order valence-corrected chi connectivity index (χ0v) is 27.4. The van der Waals surface area contributed by atoms with Gasteiger partial charge in [0.05, 0.1) is 26.2 Å². The fourth-order valence-electron chi connectivity index (χ4n) is 2.94. The fraction of sp³-hybridized carbons (Fsp3) is 0.818. The molecule has 0 saturated carbocycles. The van der Waals surface area contributed by atoms with E-state index in [-0.39, 0.29) is 10.5 Å². The molecule has 0 radical (unpaired) electrons. The molecule has 8 nitrogen and oxygen atoms in total. The van der Waals surface area contributed by atoms with Crippen LogP contribution in [-0.2, 0) is 19.2 Å². The molecule has 2 saturated heterocycles. The van der Waals surface area contributed by atoms with Crippen LogP contribution in [0.3, 0.4) is 0 Å². The van der Waals surface area contributed by atoms with Gasteiger partial charge in [0.2, 0.25) is 24.3 Å². The van der Waals surface area contributed by atoms with Crippen molar-refractivity contribution in [2.45, 2.75) is 31.5 Å². The number of aliphatic imine (C=N–C) groups is 4. The van der Waals surface area contributed by atoms with Gasteiger partial charge in [0.1, 0.15) is 0 Å². The highest BCUT2D eigenvalue weighted by molar-refractivity contribution is 8.09. The monoisotopic (exact) mass is 672 g/mol. The lowest BCUT2D eigenvalue weighted by Crippen LogP contribution is -2.27. The van der Waals surface area contributed by atoms with Crippen molar-refractivity contribution < 1.29 is 19.2 Å². The second kappa shape index (κ2) is 25.1. The Morgan fingerprint density at radius 3 is 1.11 bits per heavy atom. The van der Waals surface area contributed by atoms with Gasteiger partial charge in [-0.15, -0.1) is 0 Å². The summed E-state index contributed by atoms with van der Waals surface area (Å²) in [7, 11) is 0. The highest BCUT2D eigenvalue weighted by Crippen LogP contribution is 2.35. The van der Waals surface area contributed by atoms with Crippen LogP contribution in [-0.4, -0.2) is 128 Å². The minimum absolute atomic E-state index is 0.0146. The molecule has 16 heteroatoms. The second-order valence-electron chi connectivity index (χ2n) is 7.83. The minimum atomic E-state index is -0.0146. The Bertz CT molecular complexity index is 725. The number of hydrogen-bond acceptors (Lipinski definition) is 16. The van der Waals surface area contributed by atoms with E-state index in [9.17, 15) is 19.2 Å². The molecule has 2 rings (SSSR count). The smallest absolute Gasteiger partial charge is 0.211 e. The molecular weight excluding hydrogens is 641 g/mol. The maximum Gasteiger partial charge on any atom is 0.234 e. The van der Waals surface area contributed by atoms with Crippen molar-refractivity contribution in [3.8, 4) is 0 Å². The van der Waals surface area contributed by atoms with Gasteiger partial charge in [0, 0.05) is 77.5 Å². The maximum absolute atomic E-state index is 10.3. The molecule has 2 fully saturated rings. The SMILES string of the molecule is O=C=NCC(CN=C=O)SCC1CSC(CSC(CN=C=O)CN=C=O)CS1.SCC1CSC(CS)CS1. The van der Waals surface area contributed by atoms with E-state index in [1.807, 2.05) is 47.0 Å². The summed E-state index contributed by atoms with van der Waals surface area (Å²) >= 11 is 19.8. The first-order valence-corrected chi connectivity index (χ1v) is 19.2. The van der Waals surface area contributed by atoms with Crippen LogP contribution in [0, 0.1) is 0 Å². The molecule has 0 N–H and O–H groups in total. The van der Waals surface area contributed by atoms with Crippen LogP contribution in [0.1, 0.15) is 0 Å². The largest absolute Gasteiger partial charge is 0.234 e. The summed E-state index contributed by atoms with van der Waals surface area (Å²) in [6.45, 7) is 1.21. The van der Waals surface area contributed by atoms with Gasteiger partial charge < -0.3 is 0 Å². The Hall–Kier alpha value is 0.320. The van der Waals surface area contributed by atoms with Gasteiger partial charge in [-0.1, -0.05) is 0 Å². The average molecular weight is 673 g/mol. The molecule has 2 heterocycles. The molecule has 212 valence electrons. The van der Waals surface area contributed by atoms with Crippen LogP contribution >= 0.6 is 95.8 Å². The van der Waals surface area contributed by atoms with Gasteiger partial charge in [-0.25, -0.2) is 39.1 Å². The summed E-state index contributed by atoms with van der Waals surface area (Å²) in [5.41, 5.74) is 0. The predicted molar refractivity (Wildman–Crippen MR) is 177 cm³/mol. The second-order valence-corrected chi connectivity index (χ2v) is 16.6. The lowest BCUT2D eigenvalue weighted by atomic mass is 10.4. The Balaban J connectivity index is 0.000000600. The molecule has 4 atom stereocenters. The van der Waals surface area contributed by atoms with Crippen LogP contribution < -0.4 is 0 Å². The van der Waals surface area contributed by atoms with Crippen molar-refractivity contribution in [3.63, 3.8) is 0 Å². The molecule has 2 aliphatic heterocycles. The highest BCUT2D eigenvalue weighted by Gasteiger charge is 2.24. The molecule has 4 unspecified atom stereocenters. The molecule has 0 aromatic carbocycles. The number of isocyanates is 4. The molecule has 0 amide bonds. The van der Waals surface area contributed by atoms with E-state index in [1.165, 1.54) is 35.8 Å². The zero-order valence-electron chi connectivity index (χ0n) is 20.7. The Kier molecular flexibility index (Phi) is 24.0. The Labute approximate surface area is 261 Å². The molecule has 2 aliphatic rings. The third-order valence-electron chi connectivity index (χ3n) is 4.95. The summed E-state index contributed by atoms with van der Waals surface area (Å²) in [5, 5.41) is 2.50. The fourth-order valence-corrected chi connectivity index (χ4v) is 12.8. The number of carbonyl (C=O) groups excluding carboxylic acids is 4. The van der Waals surface area contributed by atoms with Crippen LogP contribution in [0.5, 0.6) is 0 Å². The van der Waals surface area contributed by atoms with E-state index >= 15 is 0 Å². The quantitative estimate of drug-likeness (QED) is 0.142. The number of rotatable bonds is 16. The summed E-state index contributed by atoms with van der Waals surface area (Å²) in [6.07, 6.45) is 6.08. The number of thiol groups is 2. The van der Waals surface area contributed by atoms with E-state index in [1.54, 1.807) is 23.5 Å². The van der Waals surface area contributed by atoms with E-state index in [4.69, 9.17) is 0 Å². The van der Waals surface area contributed by atoms with Gasteiger partial charge >= 0.3 is 0 Å². The van der Waals surface area contributed by atoms with Gasteiger partial charge in [0.25, 0.3) is 0 Å². The van der Waals surface area contributed by atoms with Gasteiger partial charge in [-0.05, 0) is 0 Å². The molecular formula is C22H32N4O4S8. The predicted octanol–water partition coefficient (Wildman–Crippen LogP) is 3.81. The lowest BCUT2D eigenvalue weighted by Gasteiger charge is -2.28. The summed E-state index contributed by atoms with van der Waals surface area (Å²) in [5.74, 6) is 8.39. The first-order valence-electron chi connectivity index (χ1n) is 11.7. The summed E-state index contributed by atoms with van der Waals surface area (Å²) < 4.78 is 0. The number of thioether (sulfide) groups is 6. The first-order chi connectivity index (χ1) is 18.6. The molecule has 0 aromatic heterocycles. The zero-order chi connectivity index (χ0) is 27.8. The van der Waals surface area contributed by atoms with Gasteiger partial charge in [-0.3, -0.25) is 0 Å². The van der Waals surface area contributed by atoms with Gasteiger partial charge in [-0.2, -0.15) is 95.8 Å². The van der Waals surface area contributed by atoms with E-state index in [0.717, 1.165) is 45.0 Å². The molecule has 38 heavy (non-hydrogen) atoms. The molecule has 0 aromatic rings. The minimum Gasteiger partial charge on any atom is -0.211 e. The van der Waals surface area contributed by atoms with Crippen molar-refractivity contribution in [1.29, 1.82) is 0 Å². The normalized spacial score (nSPS) is 24.1. The summed E-state index contributed by atoms with van der Waals surface area (Å²) in [6, 6.07) is 0. The van der Waals surface area contributed by atoms with Crippen LogP contribution in [0.25, 0.3) is 0 Å². The lowest BCUT2D eigenvalue weighted by molar-refractivity contribution is 0.560. The van der Waals surface area contributed by atoms with Crippen LogP contribution in [0.15, 0.2) is 20.0 Å². The molecule has 0 spiro atoms. The van der Waals surface area contributed by atoms with E-state index < -0.39 is 0 Å². The Morgan fingerprint density at radius 2 is 0.868 bits per heavy atom.